The van der Waals surface area contributed by atoms with E-state index in [2.05, 4.69) is 19.2 Å². The van der Waals surface area contributed by atoms with Crippen molar-refractivity contribution in [3.8, 4) is 0 Å². The van der Waals surface area contributed by atoms with Gasteiger partial charge in [-0.3, -0.25) is 4.79 Å². The maximum Gasteiger partial charge on any atom is 0.222 e. The molecule has 1 spiro atoms. The third kappa shape index (κ3) is 3.17. The largest absolute Gasteiger partial charge is 0.384 e. The van der Waals surface area contributed by atoms with Crippen LogP contribution in [0.5, 0.6) is 0 Å². The standard InChI is InChI=1S/C22H28F3NO3/c1-21(2)12-8-14-19(13-9-16(24)17(25)10-15(13)23)29-7-5-22(14,11-12)20(21)26-18(27)4-6-28-3/h9-10,12,14,19-20H,4-8,11H2,1-3H3,(H,26,27)/t12-,14-,19-,20+,22?/m1/s1. The van der Waals surface area contributed by atoms with Gasteiger partial charge in [0.2, 0.25) is 5.91 Å². The van der Waals surface area contributed by atoms with E-state index < -0.39 is 23.6 Å². The Morgan fingerprint density at radius 2 is 1.97 bits per heavy atom. The van der Waals surface area contributed by atoms with E-state index in [0.29, 0.717) is 25.2 Å². The molecule has 0 aromatic heterocycles. The molecule has 1 amide bonds. The first-order valence-electron chi connectivity index (χ1n) is 10.2. The van der Waals surface area contributed by atoms with Gasteiger partial charge in [-0.25, -0.2) is 13.2 Å². The zero-order valence-corrected chi connectivity index (χ0v) is 17.1. The Bertz CT molecular complexity index is 815. The van der Waals surface area contributed by atoms with E-state index in [1.54, 1.807) is 7.11 Å². The van der Waals surface area contributed by atoms with Crippen molar-refractivity contribution in [2.75, 3.05) is 20.3 Å². The normalized spacial score (nSPS) is 34.8. The number of carbonyl (C=O) groups excluding carboxylic acids is 1. The monoisotopic (exact) mass is 411 g/mol. The van der Waals surface area contributed by atoms with Gasteiger partial charge in [-0.2, -0.15) is 0 Å². The molecule has 4 rings (SSSR count). The topological polar surface area (TPSA) is 47.6 Å². The second-order valence-electron chi connectivity index (χ2n) is 9.37. The summed E-state index contributed by atoms with van der Waals surface area (Å²) < 4.78 is 52.8. The number of carbonyl (C=O) groups is 1. The molecule has 5 atom stereocenters. The van der Waals surface area contributed by atoms with Crippen molar-refractivity contribution in [2.45, 2.75) is 51.7 Å². The van der Waals surface area contributed by atoms with Gasteiger partial charge in [0, 0.05) is 37.8 Å². The number of rotatable bonds is 5. The molecule has 1 aromatic rings. The van der Waals surface area contributed by atoms with E-state index >= 15 is 0 Å². The van der Waals surface area contributed by atoms with Gasteiger partial charge in [0.1, 0.15) is 5.82 Å². The number of hydrogen-bond acceptors (Lipinski definition) is 3. The molecule has 1 saturated heterocycles. The SMILES string of the molecule is COCCC(=O)N[C@H]1C(C)(C)[C@@H]2C[C@@H]3[C@@H](c4cc(F)c(F)cc4F)OCCC31C2. The summed E-state index contributed by atoms with van der Waals surface area (Å²) in [5.41, 5.74) is -0.270. The van der Waals surface area contributed by atoms with Crippen molar-refractivity contribution in [1.82, 2.24) is 5.32 Å². The fourth-order valence-corrected chi connectivity index (χ4v) is 6.28. The number of amides is 1. The second kappa shape index (κ2) is 7.27. The van der Waals surface area contributed by atoms with Crippen LogP contribution in [0.15, 0.2) is 12.1 Å². The molecule has 4 nitrogen and oxygen atoms in total. The van der Waals surface area contributed by atoms with E-state index in [0.717, 1.165) is 25.3 Å². The molecule has 2 saturated carbocycles. The minimum absolute atomic E-state index is 0.0543. The summed E-state index contributed by atoms with van der Waals surface area (Å²) in [6.45, 7) is 5.09. The summed E-state index contributed by atoms with van der Waals surface area (Å²) in [6, 6.07) is 1.44. The Labute approximate surface area is 169 Å². The highest BCUT2D eigenvalue weighted by Crippen LogP contribution is 2.70. The van der Waals surface area contributed by atoms with Gasteiger partial charge in [-0.05, 0) is 48.0 Å². The maximum absolute atomic E-state index is 14.5. The molecule has 3 aliphatic rings. The second-order valence-corrected chi connectivity index (χ2v) is 9.37. The molecular weight excluding hydrogens is 383 g/mol. The van der Waals surface area contributed by atoms with Crippen LogP contribution in [0.4, 0.5) is 13.2 Å². The molecule has 1 aliphatic heterocycles. The Kier molecular flexibility index (Phi) is 5.18. The van der Waals surface area contributed by atoms with Crippen LogP contribution in [0.1, 0.15) is 51.2 Å². The van der Waals surface area contributed by atoms with Crippen LogP contribution in [0.25, 0.3) is 0 Å². The van der Waals surface area contributed by atoms with Crippen molar-refractivity contribution in [2.24, 2.45) is 22.7 Å². The Morgan fingerprint density at radius 3 is 2.69 bits per heavy atom. The van der Waals surface area contributed by atoms with Crippen molar-refractivity contribution in [1.29, 1.82) is 0 Å². The smallest absolute Gasteiger partial charge is 0.222 e. The third-order valence-corrected chi connectivity index (χ3v) is 7.69. The molecular formula is C22H28F3NO3. The number of halogens is 3. The molecule has 160 valence electrons. The van der Waals surface area contributed by atoms with Crippen LogP contribution in [0, 0.1) is 40.1 Å². The quantitative estimate of drug-likeness (QED) is 0.741. The summed E-state index contributed by atoms with van der Waals surface area (Å²) in [5.74, 6) is -2.83. The first kappa shape index (κ1) is 20.7. The van der Waals surface area contributed by atoms with Gasteiger partial charge in [-0.15, -0.1) is 0 Å². The average Bonchev–Trinajstić information content (AvgIpc) is 3.16. The molecule has 1 aromatic carbocycles. The molecule has 2 bridgehead atoms. The fraction of sp³-hybridized carbons (Fsp3) is 0.682. The van der Waals surface area contributed by atoms with E-state index in [1.165, 1.54) is 0 Å². The number of fused-ring (bicyclic) bond motifs is 1. The number of hydrogen-bond donors (Lipinski definition) is 1. The first-order chi connectivity index (χ1) is 13.7. The van der Waals surface area contributed by atoms with Crippen LogP contribution in [-0.2, 0) is 14.3 Å². The van der Waals surface area contributed by atoms with Crippen molar-refractivity contribution in [3.63, 3.8) is 0 Å². The highest BCUT2D eigenvalue weighted by Gasteiger charge is 2.68. The fourth-order valence-electron chi connectivity index (χ4n) is 6.28. The predicted octanol–water partition coefficient (Wildman–Crippen LogP) is 4.14. The number of methoxy groups -OCH3 is 1. The summed E-state index contributed by atoms with van der Waals surface area (Å²) >= 11 is 0. The molecule has 0 radical (unpaired) electrons. The summed E-state index contributed by atoms with van der Waals surface area (Å²) in [4.78, 5) is 12.5. The van der Waals surface area contributed by atoms with Crippen LogP contribution in [0.3, 0.4) is 0 Å². The molecule has 1 unspecified atom stereocenters. The van der Waals surface area contributed by atoms with E-state index in [1.807, 2.05) is 0 Å². The zero-order chi connectivity index (χ0) is 21.0. The molecule has 7 heteroatoms. The van der Waals surface area contributed by atoms with E-state index in [4.69, 9.17) is 9.47 Å². The Balaban J connectivity index is 1.67. The molecule has 29 heavy (non-hydrogen) atoms. The van der Waals surface area contributed by atoms with Gasteiger partial charge in [-0.1, -0.05) is 13.8 Å². The lowest BCUT2D eigenvalue weighted by atomic mass is 9.58. The van der Waals surface area contributed by atoms with Crippen LogP contribution in [0.2, 0.25) is 0 Å². The maximum atomic E-state index is 14.5. The van der Waals surface area contributed by atoms with Crippen LogP contribution >= 0.6 is 0 Å². The lowest BCUT2D eigenvalue weighted by Crippen LogP contribution is -2.59. The van der Waals surface area contributed by atoms with E-state index in [9.17, 15) is 18.0 Å². The minimum atomic E-state index is -1.20. The first-order valence-corrected chi connectivity index (χ1v) is 10.2. The summed E-state index contributed by atoms with van der Waals surface area (Å²) in [7, 11) is 1.56. The van der Waals surface area contributed by atoms with Crippen molar-refractivity contribution >= 4 is 5.91 Å². The van der Waals surface area contributed by atoms with Crippen molar-refractivity contribution < 1.29 is 27.4 Å². The van der Waals surface area contributed by atoms with Gasteiger partial charge in [0.25, 0.3) is 0 Å². The summed E-state index contributed by atoms with van der Waals surface area (Å²) in [5, 5.41) is 3.23. The number of ether oxygens (including phenoxy) is 2. The average molecular weight is 411 g/mol. The minimum Gasteiger partial charge on any atom is -0.384 e. The molecule has 1 N–H and O–H groups in total. The highest BCUT2D eigenvalue weighted by molar-refractivity contribution is 5.76. The molecule has 2 aliphatic carbocycles. The highest BCUT2D eigenvalue weighted by atomic mass is 19.2. The van der Waals surface area contributed by atoms with Gasteiger partial charge in [0.15, 0.2) is 11.6 Å². The van der Waals surface area contributed by atoms with Crippen molar-refractivity contribution in [3.05, 3.63) is 35.1 Å². The lowest BCUT2D eigenvalue weighted by molar-refractivity contribution is -0.138. The molecule has 1 heterocycles. The summed E-state index contributed by atoms with van der Waals surface area (Å²) in [6.07, 6.45) is 2.14. The Morgan fingerprint density at radius 1 is 1.24 bits per heavy atom. The van der Waals surface area contributed by atoms with Gasteiger partial charge >= 0.3 is 0 Å². The van der Waals surface area contributed by atoms with Gasteiger partial charge in [0.05, 0.1) is 12.7 Å². The Hall–Kier alpha value is -1.60. The molecule has 3 fully saturated rings. The van der Waals surface area contributed by atoms with E-state index in [-0.39, 0.29) is 40.7 Å². The van der Waals surface area contributed by atoms with Crippen LogP contribution < -0.4 is 5.32 Å². The third-order valence-electron chi connectivity index (χ3n) is 7.69. The van der Waals surface area contributed by atoms with Gasteiger partial charge < -0.3 is 14.8 Å². The predicted molar refractivity (Wildman–Crippen MR) is 100 cm³/mol. The number of nitrogens with one attached hydrogen (secondary N) is 1. The lowest BCUT2D eigenvalue weighted by Gasteiger charge is -2.53. The number of benzene rings is 1. The van der Waals surface area contributed by atoms with Crippen LogP contribution in [-0.4, -0.2) is 32.3 Å². The zero-order valence-electron chi connectivity index (χ0n) is 17.1.